The Kier molecular flexibility index (Phi) is 5.43. The van der Waals surface area contributed by atoms with Gasteiger partial charge in [0.05, 0.1) is 0 Å². The molecule has 2 bridgehead atoms. The largest absolute Gasteiger partial charge is 0.310 e. The highest BCUT2D eigenvalue weighted by Crippen LogP contribution is 2.53. The van der Waals surface area contributed by atoms with Crippen LogP contribution in [0, 0.1) is 6.92 Å². The van der Waals surface area contributed by atoms with Gasteiger partial charge in [0.25, 0.3) is 0 Å². The Morgan fingerprint density at radius 1 is 0.636 bits per heavy atom. The van der Waals surface area contributed by atoms with E-state index >= 15 is 0 Å². The molecule has 3 heteroatoms. The third kappa shape index (κ3) is 3.86. The number of fused-ring (bicyclic) bond motifs is 5. The molecule has 0 amide bonds. The van der Waals surface area contributed by atoms with Crippen molar-refractivity contribution >= 4 is 48.9 Å². The van der Waals surface area contributed by atoms with Crippen LogP contribution in [0.15, 0.2) is 93.9 Å². The van der Waals surface area contributed by atoms with Crippen molar-refractivity contribution in [1.29, 1.82) is 0 Å². The average molecular weight is 559 g/mol. The van der Waals surface area contributed by atoms with Crippen LogP contribution in [0.1, 0.15) is 47.8 Å². The summed E-state index contributed by atoms with van der Waals surface area (Å²) in [5, 5.41) is 0. The molecular weight excluding hydrogens is 534 g/mol. The van der Waals surface area contributed by atoms with Gasteiger partial charge in [-0.15, -0.1) is 0 Å². The summed E-state index contributed by atoms with van der Waals surface area (Å²) >= 11 is 7.14. The van der Waals surface area contributed by atoms with Gasteiger partial charge < -0.3 is 4.90 Å². The Balaban J connectivity index is 1.41. The zero-order valence-electron chi connectivity index (χ0n) is 18.6. The second kappa shape index (κ2) is 8.45. The van der Waals surface area contributed by atoms with E-state index in [1.54, 1.807) is 11.1 Å². The number of benzene rings is 4. The summed E-state index contributed by atoms with van der Waals surface area (Å²) < 4.78 is 2.16. The van der Waals surface area contributed by atoms with Gasteiger partial charge in [-0.05, 0) is 127 Å². The van der Waals surface area contributed by atoms with E-state index in [4.69, 9.17) is 0 Å². The predicted octanol–water partition coefficient (Wildman–Crippen LogP) is 10.0. The van der Waals surface area contributed by atoms with Gasteiger partial charge in [0.2, 0.25) is 0 Å². The molecular formula is C30H25Br2N. The quantitative estimate of drug-likeness (QED) is 0.241. The van der Waals surface area contributed by atoms with Crippen molar-refractivity contribution in [3.8, 4) is 11.1 Å². The lowest BCUT2D eigenvalue weighted by molar-refractivity contribution is 0.718. The van der Waals surface area contributed by atoms with Gasteiger partial charge in [-0.25, -0.2) is 0 Å². The molecule has 2 aliphatic rings. The maximum atomic E-state index is 3.57. The molecule has 33 heavy (non-hydrogen) atoms. The summed E-state index contributed by atoms with van der Waals surface area (Å²) in [6, 6.07) is 31.1. The molecule has 2 unspecified atom stereocenters. The standard InChI is InChI=1S/C30H25Br2N/c1-19-16-27(33(25-9-5-23(31)6-10-25)26-11-7-24(32)8-12-26)13-15-28(19)22-4-14-29-20-2-3-21(17-20)30(29)18-22/h4-16,18,20-21H,2-3,17H2,1H3. The van der Waals surface area contributed by atoms with Crippen LogP contribution in [0.5, 0.6) is 0 Å². The van der Waals surface area contributed by atoms with Crippen molar-refractivity contribution in [3.05, 3.63) is 111 Å². The second-order valence-corrected chi connectivity index (χ2v) is 11.2. The number of hydrogen-bond donors (Lipinski definition) is 0. The molecule has 1 saturated carbocycles. The van der Waals surface area contributed by atoms with Gasteiger partial charge in [0.1, 0.15) is 0 Å². The van der Waals surface area contributed by atoms with Crippen LogP contribution < -0.4 is 4.90 Å². The molecule has 4 aromatic rings. The summed E-state index contributed by atoms with van der Waals surface area (Å²) in [7, 11) is 0. The van der Waals surface area contributed by atoms with Crippen LogP contribution in [0.4, 0.5) is 17.1 Å². The number of aryl methyl sites for hydroxylation is 1. The van der Waals surface area contributed by atoms with E-state index in [0.717, 1.165) is 32.2 Å². The van der Waals surface area contributed by atoms with E-state index in [0.29, 0.717) is 0 Å². The fraction of sp³-hybridized carbons (Fsp3) is 0.200. The van der Waals surface area contributed by atoms with Gasteiger partial charge in [-0.2, -0.15) is 0 Å². The van der Waals surface area contributed by atoms with Gasteiger partial charge in [-0.3, -0.25) is 0 Å². The molecule has 0 saturated heterocycles. The van der Waals surface area contributed by atoms with Crippen molar-refractivity contribution in [2.75, 3.05) is 4.90 Å². The third-order valence-electron chi connectivity index (χ3n) is 7.35. The minimum atomic E-state index is 0.787. The SMILES string of the molecule is Cc1cc(N(c2ccc(Br)cc2)c2ccc(Br)cc2)ccc1-c1ccc2c(c1)C1CCC2C1. The van der Waals surface area contributed by atoms with Crippen LogP contribution in [-0.2, 0) is 0 Å². The Hall–Kier alpha value is -2.36. The van der Waals surface area contributed by atoms with Gasteiger partial charge >= 0.3 is 0 Å². The molecule has 0 radical (unpaired) electrons. The second-order valence-electron chi connectivity index (χ2n) is 9.34. The first-order chi connectivity index (χ1) is 16.1. The molecule has 4 aromatic carbocycles. The van der Waals surface area contributed by atoms with E-state index in [-0.39, 0.29) is 0 Å². The Labute approximate surface area is 212 Å². The number of nitrogens with zero attached hydrogens (tertiary/aromatic N) is 1. The van der Waals surface area contributed by atoms with Crippen LogP contribution in [0.2, 0.25) is 0 Å². The number of rotatable bonds is 4. The molecule has 0 aliphatic heterocycles. The summed E-state index contributed by atoms with van der Waals surface area (Å²) in [6.07, 6.45) is 4.12. The predicted molar refractivity (Wildman–Crippen MR) is 146 cm³/mol. The molecule has 0 heterocycles. The summed E-state index contributed by atoms with van der Waals surface area (Å²) in [5.74, 6) is 1.60. The minimum absolute atomic E-state index is 0.787. The molecule has 2 aliphatic carbocycles. The van der Waals surface area contributed by atoms with E-state index in [1.807, 2.05) is 0 Å². The zero-order chi connectivity index (χ0) is 22.5. The lowest BCUT2D eigenvalue weighted by Crippen LogP contribution is -2.10. The van der Waals surface area contributed by atoms with E-state index in [2.05, 4.69) is 129 Å². The number of anilines is 3. The van der Waals surface area contributed by atoms with E-state index in [1.165, 1.54) is 41.6 Å². The fourth-order valence-electron chi connectivity index (χ4n) is 5.75. The summed E-state index contributed by atoms with van der Waals surface area (Å²) in [6.45, 7) is 2.24. The monoisotopic (exact) mass is 557 g/mol. The zero-order valence-corrected chi connectivity index (χ0v) is 21.7. The molecule has 0 spiro atoms. The highest BCUT2D eigenvalue weighted by molar-refractivity contribution is 9.10. The topological polar surface area (TPSA) is 3.24 Å². The molecule has 1 fully saturated rings. The Morgan fingerprint density at radius 2 is 1.21 bits per heavy atom. The van der Waals surface area contributed by atoms with Crippen molar-refractivity contribution in [2.45, 2.75) is 38.0 Å². The smallest absolute Gasteiger partial charge is 0.0464 e. The van der Waals surface area contributed by atoms with Crippen molar-refractivity contribution in [1.82, 2.24) is 0 Å². The van der Waals surface area contributed by atoms with Crippen molar-refractivity contribution in [2.24, 2.45) is 0 Å². The van der Waals surface area contributed by atoms with Crippen LogP contribution in [0.25, 0.3) is 11.1 Å². The first-order valence-electron chi connectivity index (χ1n) is 11.6. The van der Waals surface area contributed by atoms with E-state index < -0.39 is 0 Å². The fourth-order valence-corrected chi connectivity index (χ4v) is 6.28. The van der Waals surface area contributed by atoms with Crippen molar-refractivity contribution < 1.29 is 0 Å². The molecule has 0 aromatic heterocycles. The average Bonchev–Trinajstić information content (AvgIpc) is 3.44. The first-order valence-corrected chi connectivity index (χ1v) is 13.2. The summed E-state index contributed by atoms with van der Waals surface area (Å²) in [5.41, 5.74) is 10.7. The maximum absolute atomic E-state index is 3.57. The van der Waals surface area contributed by atoms with Gasteiger partial charge in [0, 0.05) is 26.0 Å². The highest BCUT2D eigenvalue weighted by Gasteiger charge is 2.36. The van der Waals surface area contributed by atoms with E-state index in [9.17, 15) is 0 Å². The van der Waals surface area contributed by atoms with Crippen LogP contribution in [-0.4, -0.2) is 0 Å². The van der Waals surface area contributed by atoms with Crippen LogP contribution >= 0.6 is 31.9 Å². The minimum Gasteiger partial charge on any atom is -0.310 e. The molecule has 164 valence electrons. The van der Waals surface area contributed by atoms with Gasteiger partial charge in [0.15, 0.2) is 0 Å². The van der Waals surface area contributed by atoms with Crippen molar-refractivity contribution in [3.63, 3.8) is 0 Å². The molecule has 6 rings (SSSR count). The maximum Gasteiger partial charge on any atom is 0.0464 e. The normalized spacial score (nSPS) is 18.4. The lowest BCUT2D eigenvalue weighted by Gasteiger charge is -2.26. The summed E-state index contributed by atoms with van der Waals surface area (Å²) in [4.78, 5) is 2.32. The highest BCUT2D eigenvalue weighted by atomic mass is 79.9. The lowest BCUT2D eigenvalue weighted by atomic mass is 9.88. The Morgan fingerprint density at radius 3 is 1.82 bits per heavy atom. The number of halogens is 2. The number of hydrogen-bond acceptors (Lipinski definition) is 1. The third-order valence-corrected chi connectivity index (χ3v) is 8.41. The van der Waals surface area contributed by atoms with Crippen LogP contribution in [0.3, 0.4) is 0 Å². The molecule has 0 N–H and O–H groups in total. The first kappa shape index (κ1) is 21.2. The van der Waals surface area contributed by atoms with Gasteiger partial charge in [-0.1, -0.05) is 56.1 Å². The Bertz CT molecular complexity index is 1280. The molecule has 1 nitrogen and oxygen atoms in total. The molecule has 2 atom stereocenters.